The summed E-state index contributed by atoms with van der Waals surface area (Å²) in [6, 6.07) is 4.95. The molecule has 0 saturated carbocycles. The third-order valence-corrected chi connectivity index (χ3v) is 2.43. The highest BCUT2D eigenvalue weighted by Gasteiger charge is 2.32. The molecule has 9 heteroatoms. The maximum absolute atomic E-state index is 12.7. The van der Waals surface area contributed by atoms with Gasteiger partial charge >= 0.3 is 6.18 Å². The van der Waals surface area contributed by atoms with Crippen molar-refractivity contribution in [1.29, 1.82) is 0 Å². The number of rotatable bonds is 5. The monoisotopic (exact) mass is 325 g/mol. The zero-order valence-electron chi connectivity index (χ0n) is 10.9. The van der Waals surface area contributed by atoms with Gasteiger partial charge in [0.25, 0.3) is 0 Å². The molecule has 0 aliphatic rings. The van der Waals surface area contributed by atoms with Crippen LogP contribution in [-0.2, 0) is 22.3 Å². The van der Waals surface area contributed by atoms with Gasteiger partial charge in [0.05, 0.1) is 18.7 Å². The van der Waals surface area contributed by atoms with E-state index >= 15 is 0 Å². The van der Waals surface area contributed by atoms with Crippen LogP contribution >= 0.6 is 12.4 Å². The molecule has 4 N–H and O–H groups in total. The van der Waals surface area contributed by atoms with Gasteiger partial charge in [0.1, 0.15) is 0 Å². The summed E-state index contributed by atoms with van der Waals surface area (Å²) in [6.45, 7) is -0.860. The smallest absolute Gasteiger partial charge is 0.350 e. The van der Waals surface area contributed by atoms with Crippen molar-refractivity contribution in [2.75, 3.05) is 13.1 Å². The lowest BCUT2D eigenvalue weighted by atomic mass is 10.1. The highest BCUT2D eigenvalue weighted by Crippen LogP contribution is 2.31. The molecule has 1 rings (SSSR count). The van der Waals surface area contributed by atoms with Gasteiger partial charge in [-0.3, -0.25) is 9.59 Å². The van der Waals surface area contributed by atoms with E-state index in [1.54, 1.807) is 0 Å². The number of hydrogen-bond acceptors (Lipinski definition) is 3. The van der Waals surface area contributed by atoms with Gasteiger partial charge in [-0.2, -0.15) is 13.2 Å². The Bertz CT molecular complexity index is 495. The van der Waals surface area contributed by atoms with E-state index in [4.69, 9.17) is 5.73 Å². The summed E-state index contributed by atoms with van der Waals surface area (Å²) >= 11 is 0. The van der Waals surface area contributed by atoms with Crippen LogP contribution in [0.5, 0.6) is 0 Å². The molecule has 21 heavy (non-hydrogen) atoms. The Morgan fingerprint density at radius 1 is 1.10 bits per heavy atom. The predicted octanol–water partition coefficient (Wildman–Crippen LogP) is 0.818. The van der Waals surface area contributed by atoms with Crippen molar-refractivity contribution in [3.63, 3.8) is 0 Å². The van der Waals surface area contributed by atoms with Crippen molar-refractivity contribution >= 4 is 24.2 Å². The molecule has 1 aromatic carbocycles. The Morgan fingerprint density at radius 2 is 1.71 bits per heavy atom. The largest absolute Gasteiger partial charge is 0.416 e. The number of nitrogens with two attached hydrogens (primary N) is 1. The predicted molar refractivity (Wildman–Crippen MR) is 72.6 cm³/mol. The third-order valence-electron chi connectivity index (χ3n) is 2.43. The van der Waals surface area contributed by atoms with E-state index in [0.717, 1.165) is 6.07 Å². The maximum atomic E-state index is 12.7. The minimum absolute atomic E-state index is 0. The van der Waals surface area contributed by atoms with Gasteiger partial charge in [-0.1, -0.05) is 18.2 Å². The second kappa shape index (κ2) is 8.48. The lowest BCUT2D eigenvalue weighted by Crippen LogP contribution is -2.39. The summed E-state index contributed by atoms with van der Waals surface area (Å²) in [7, 11) is 0. The maximum Gasteiger partial charge on any atom is 0.416 e. The third kappa shape index (κ3) is 6.46. The van der Waals surface area contributed by atoms with Crippen LogP contribution in [0.3, 0.4) is 0 Å². The van der Waals surface area contributed by atoms with Crippen molar-refractivity contribution in [3.05, 3.63) is 35.4 Å². The first kappa shape index (κ1) is 19.2. The van der Waals surface area contributed by atoms with Crippen LogP contribution in [0.15, 0.2) is 24.3 Å². The van der Waals surface area contributed by atoms with Gasteiger partial charge < -0.3 is 16.4 Å². The van der Waals surface area contributed by atoms with E-state index < -0.39 is 23.6 Å². The number of carbonyl (C=O) groups is 2. The topological polar surface area (TPSA) is 84.2 Å². The van der Waals surface area contributed by atoms with Gasteiger partial charge in [0.2, 0.25) is 11.8 Å². The lowest BCUT2D eigenvalue weighted by Gasteiger charge is -2.13. The van der Waals surface area contributed by atoms with Crippen LogP contribution in [0.4, 0.5) is 13.2 Å². The second-order valence-electron chi connectivity index (χ2n) is 3.91. The van der Waals surface area contributed by atoms with E-state index in [1.165, 1.54) is 18.2 Å². The number of amides is 2. The number of alkyl halides is 3. The number of benzene rings is 1. The molecule has 2 amide bonds. The van der Waals surface area contributed by atoms with Crippen LogP contribution in [0.25, 0.3) is 0 Å². The molecule has 1 aromatic rings. The van der Waals surface area contributed by atoms with Crippen LogP contribution in [0.2, 0.25) is 0 Å². The Kier molecular flexibility index (Phi) is 7.75. The molecule has 118 valence electrons. The van der Waals surface area contributed by atoms with Crippen LogP contribution in [0, 0.1) is 0 Å². The summed E-state index contributed by atoms with van der Waals surface area (Å²) in [6.07, 6.45) is -4.48. The molecule has 0 unspecified atom stereocenters. The van der Waals surface area contributed by atoms with Crippen LogP contribution in [0.1, 0.15) is 11.1 Å². The molecule has 0 atom stereocenters. The standard InChI is InChI=1S/C12H14F3N3O2.ClH/c13-12(14,15)9-4-2-1-3-8(9)6-17-11(20)7-18-10(19)5-16;/h1-4H,5-7,16H2,(H,17,20)(H,18,19);1H. The molecular formula is C12H15ClF3N3O2. The normalized spacial score (nSPS) is 10.5. The van der Waals surface area contributed by atoms with Crippen molar-refractivity contribution in [3.8, 4) is 0 Å². The number of hydrogen-bond donors (Lipinski definition) is 3. The van der Waals surface area contributed by atoms with E-state index in [0.29, 0.717) is 0 Å². The molecule has 0 saturated heterocycles. The molecule has 0 aromatic heterocycles. The lowest BCUT2D eigenvalue weighted by molar-refractivity contribution is -0.138. The van der Waals surface area contributed by atoms with Gasteiger partial charge in [-0.25, -0.2) is 0 Å². The quantitative estimate of drug-likeness (QED) is 0.749. The Labute approximate surface area is 125 Å². The number of carbonyl (C=O) groups excluding carboxylic acids is 2. The van der Waals surface area contributed by atoms with E-state index in [1.807, 2.05) is 0 Å². The van der Waals surface area contributed by atoms with Crippen molar-refractivity contribution in [2.24, 2.45) is 5.73 Å². The molecule has 0 heterocycles. The SMILES string of the molecule is Cl.NCC(=O)NCC(=O)NCc1ccccc1C(F)(F)F. The van der Waals surface area contributed by atoms with Gasteiger partial charge in [0, 0.05) is 6.54 Å². The molecule has 0 fully saturated rings. The fourth-order valence-corrected chi connectivity index (χ4v) is 1.46. The molecule has 0 bridgehead atoms. The molecular weight excluding hydrogens is 311 g/mol. The Hall–Kier alpha value is -1.80. The summed E-state index contributed by atoms with van der Waals surface area (Å²) in [5.74, 6) is -1.11. The average molecular weight is 326 g/mol. The minimum atomic E-state index is -4.48. The summed E-state index contributed by atoms with van der Waals surface area (Å²) in [5.41, 5.74) is 4.18. The second-order valence-corrected chi connectivity index (χ2v) is 3.91. The summed E-state index contributed by atoms with van der Waals surface area (Å²) in [4.78, 5) is 22.2. The highest BCUT2D eigenvalue weighted by atomic mass is 35.5. The molecule has 0 radical (unpaired) electrons. The summed E-state index contributed by atoms with van der Waals surface area (Å²) < 4.78 is 38.1. The van der Waals surface area contributed by atoms with Crippen molar-refractivity contribution < 1.29 is 22.8 Å². The van der Waals surface area contributed by atoms with E-state index in [2.05, 4.69) is 10.6 Å². The fraction of sp³-hybridized carbons (Fsp3) is 0.333. The van der Waals surface area contributed by atoms with E-state index in [-0.39, 0.29) is 37.6 Å². The van der Waals surface area contributed by atoms with Gasteiger partial charge in [-0.15, -0.1) is 12.4 Å². The minimum Gasteiger partial charge on any atom is -0.350 e. The van der Waals surface area contributed by atoms with Gasteiger partial charge in [0.15, 0.2) is 0 Å². The van der Waals surface area contributed by atoms with Gasteiger partial charge in [-0.05, 0) is 11.6 Å². The average Bonchev–Trinajstić information content (AvgIpc) is 2.41. The van der Waals surface area contributed by atoms with Crippen molar-refractivity contribution in [2.45, 2.75) is 12.7 Å². The molecule has 0 spiro atoms. The van der Waals surface area contributed by atoms with E-state index in [9.17, 15) is 22.8 Å². The zero-order valence-corrected chi connectivity index (χ0v) is 11.7. The molecule has 0 aliphatic carbocycles. The fourth-order valence-electron chi connectivity index (χ4n) is 1.46. The number of nitrogens with one attached hydrogen (secondary N) is 2. The molecule has 5 nitrogen and oxygen atoms in total. The van der Waals surface area contributed by atoms with Crippen molar-refractivity contribution in [1.82, 2.24) is 10.6 Å². The first-order chi connectivity index (χ1) is 9.34. The summed E-state index contributed by atoms with van der Waals surface area (Å²) in [5, 5.41) is 4.51. The first-order valence-electron chi connectivity index (χ1n) is 5.73. The molecule has 0 aliphatic heterocycles. The Balaban J connectivity index is 0.00000400. The highest BCUT2D eigenvalue weighted by molar-refractivity contribution is 5.85. The number of halogens is 4. The van der Waals surface area contributed by atoms with Crippen LogP contribution < -0.4 is 16.4 Å². The first-order valence-corrected chi connectivity index (χ1v) is 5.73. The Morgan fingerprint density at radius 3 is 2.29 bits per heavy atom. The zero-order chi connectivity index (χ0) is 15.2. The van der Waals surface area contributed by atoms with Crippen LogP contribution in [-0.4, -0.2) is 24.9 Å².